The quantitative estimate of drug-likeness (QED) is 0.339. The van der Waals surface area contributed by atoms with Gasteiger partial charge in [-0.25, -0.2) is 0 Å². The number of carbonyl (C=O) groups is 1. The monoisotopic (exact) mass is 238 g/mol. The Balaban J connectivity index is 3.61. The van der Waals surface area contributed by atoms with Crippen molar-refractivity contribution in [3.8, 4) is 0 Å². The fraction of sp³-hybridized carbons (Fsp3) is 0.462. The van der Waals surface area contributed by atoms with Crippen molar-refractivity contribution >= 4 is 5.97 Å². The van der Waals surface area contributed by atoms with Crippen molar-refractivity contribution in [2.45, 2.75) is 6.42 Å². The molecular weight excluding hydrogens is 216 g/mol. The fourth-order valence-corrected chi connectivity index (χ4v) is 1.09. The molecule has 4 nitrogen and oxygen atoms in total. The summed E-state index contributed by atoms with van der Waals surface area (Å²) in [6.07, 6.45) is 5.44. The van der Waals surface area contributed by atoms with Crippen LogP contribution in [0.1, 0.15) is 6.42 Å². The molecule has 0 heterocycles. The maximum atomic E-state index is 11.3. The van der Waals surface area contributed by atoms with E-state index in [4.69, 9.17) is 4.74 Å². The predicted octanol–water partition coefficient (Wildman–Crippen LogP) is 1.03. The van der Waals surface area contributed by atoms with Crippen LogP contribution in [0.3, 0.4) is 0 Å². The highest BCUT2D eigenvalue weighted by Gasteiger charge is 2.02. The molecule has 0 saturated carbocycles. The molecule has 96 valence electrons. The second-order valence-electron chi connectivity index (χ2n) is 3.45. The van der Waals surface area contributed by atoms with Crippen LogP contribution in [0.25, 0.3) is 0 Å². The summed E-state index contributed by atoms with van der Waals surface area (Å²) in [5.74, 6) is -0.209. The topological polar surface area (TPSA) is 50.4 Å². The summed E-state index contributed by atoms with van der Waals surface area (Å²) in [5, 5.41) is 6.14. The number of esters is 1. The molecule has 0 fully saturated rings. The molecule has 0 bridgehead atoms. The number of ether oxygens (including phenoxy) is 1. The number of carbonyl (C=O) groups excluding carboxylic acids is 1. The zero-order chi connectivity index (χ0) is 12.9. The van der Waals surface area contributed by atoms with Gasteiger partial charge in [-0.2, -0.15) is 0 Å². The molecule has 0 aromatic carbocycles. The zero-order valence-electron chi connectivity index (χ0n) is 10.5. The van der Waals surface area contributed by atoms with Crippen LogP contribution < -0.4 is 10.6 Å². The van der Waals surface area contributed by atoms with Gasteiger partial charge >= 0.3 is 5.97 Å². The third-order valence-corrected chi connectivity index (χ3v) is 2.05. The van der Waals surface area contributed by atoms with Gasteiger partial charge in [0.15, 0.2) is 0 Å². The van der Waals surface area contributed by atoms with Gasteiger partial charge in [0.05, 0.1) is 6.42 Å². The second-order valence-corrected chi connectivity index (χ2v) is 3.45. The van der Waals surface area contributed by atoms with Crippen molar-refractivity contribution in [3.63, 3.8) is 0 Å². The SMILES string of the molecule is C=C/C=C(\C=C)COC(=O)CCNCCNC. The average molecular weight is 238 g/mol. The number of allylic oxidation sites excluding steroid dienone is 2. The summed E-state index contributed by atoms with van der Waals surface area (Å²) in [7, 11) is 1.89. The highest BCUT2D eigenvalue weighted by Crippen LogP contribution is 1.98. The molecule has 0 unspecified atom stereocenters. The van der Waals surface area contributed by atoms with Crippen molar-refractivity contribution in [2.24, 2.45) is 0 Å². The normalized spacial score (nSPS) is 11.0. The summed E-state index contributed by atoms with van der Waals surface area (Å²) in [4.78, 5) is 11.3. The Kier molecular flexibility index (Phi) is 10.2. The molecule has 17 heavy (non-hydrogen) atoms. The van der Waals surface area contributed by atoms with E-state index in [-0.39, 0.29) is 12.6 Å². The molecule has 0 aliphatic carbocycles. The van der Waals surface area contributed by atoms with E-state index in [1.807, 2.05) is 7.05 Å². The van der Waals surface area contributed by atoms with E-state index in [9.17, 15) is 4.79 Å². The van der Waals surface area contributed by atoms with E-state index >= 15 is 0 Å². The molecule has 2 N–H and O–H groups in total. The van der Waals surface area contributed by atoms with E-state index < -0.39 is 0 Å². The van der Waals surface area contributed by atoms with Crippen LogP contribution in [0, 0.1) is 0 Å². The van der Waals surface area contributed by atoms with Gasteiger partial charge in [0, 0.05) is 19.6 Å². The average Bonchev–Trinajstić information content (AvgIpc) is 2.34. The third kappa shape index (κ3) is 9.53. The Hall–Kier alpha value is -1.39. The summed E-state index contributed by atoms with van der Waals surface area (Å²) < 4.78 is 5.07. The Morgan fingerprint density at radius 3 is 2.65 bits per heavy atom. The van der Waals surface area contributed by atoms with Gasteiger partial charge in [-0.1, -0.05) is 31.4 Å². The molecule has 0 aliphatic rings. The first-order chi connectivity index (χ1) is 8.24. The standard InChI is InChI=1S/C13H22N2O2/c1-4-6-12(5-2)11-17-13(16)7-8-15-10-9-14-3/h4-6,14-15H,1-2,7-11H2,3H3/b12-6+. The fourth-order valence-electron chi connectivity index (χ4n) is 1.09. The molecule has 0 radical (unpaired) electrons. The van der Waals surface area contributed by atoms with Crippen molar-refractivity contribution in [1.29, 1.82) is 0 Å². The van der Waals surface area contributed by atoms with Crippen LogP contribution in [-0.2, 0) is 9.53 Å². The molecule has 0 aromatic rings. The van der Waals surface area contributed by atoms with Crippen LogP contribution in [0.2, 0.25) is 0 Å². The molecule has 0 amide bonds. The maximum Gasteiger partial charge on any atom is 0.307 e. The molecule has 0 spiro atoms. The molecule has 0 atom stereocenters. The van der Waals surface area contributed by atoms with E-state index in [0.717, 1.165) is 18.7 Å². The summed E-state index contributed by atoms with van der Waals surface area (Å²) in [5.41, 5.74) is 0.844. The van der Waals surface area contributed by atoms with Gasteiger partial charge in [0.1, 0.15) is 6.61 Å². The molecule has 0 saturated heterocycles. The predicted molar refractivity (Wildman–Crippen MR) is 70.8 cm³/mol. The van der Waals surface area contributed by atoms with Crippen LogP contribution in [0.15, 0.2) is 37.0 Å². The van der Waals surface area contributed by atoms with Crippen LogP contribution >= 0.6 is 0 Å². The first-order valence-electron chi connectivity index (χ1n) is 5.69. The van der Waals surface area contributed by atoms with E-state index in [1.165, 1.54) is 0 Å². The first kappa shape index (κ1) is 15.6. The summed E-state index contributed by atoms with van der Waals surface area (Å²) in [6, 6.07) is 0. The lowest BCUT2D eigenvalue weighted by atomic mass is 10.2. The highest BCUT2D eigenvalue weighted by atomic mass is 16.5. The summed E-state index contributed by atoms with van der Waals surface area (Å²) in [6.45, 7) is 9.82. The minimum absolute atomic E-state index is 0.209. The summed E-state index contributed by atoms with van der Waals surface area (Å²) >= 11 is 0. The highest BCUT2D eigenvalue weighted by molar-refractivity contribution is 5.69. The number of likely N-dealkylation sites (N-methyl/N-ethyl adjacent to an activating group) is 1. The van der Waals surface area contributed by atoms with Crippen molar-refractivity contribution in [3.05, 3.63) is 37.0 Å². The number of hydrogen-bond donors (Lipinski definition) is 2. The number of rotatable bonds is 10. The van der Waals surface area contributed by atoms with E-state index in [1.54, 1.807) is 18.2 Å². The Labute approximate surface area is 103 Å². The lowest BCUT2D eigenvalue weighted by Crippen LogP contribution is -2.27. The van der Waals surface area contributed by atoms with Gasteiger partial charge < -0.3 is 15.4 Å². The lowest BCUT2D eigenvalue weighted by Gasteiger charge is -2.06. The van der Waals surface area contributed by atoms with Crippen LogP contribution in [-0.4, -0.2) is 39.3 Å². The van der Waals surface area contributed by atoms with Crippen LogP contribution in [0.5, 0.6) is 0 Å². The third-order valence-electron chi connectivity index (χ3n) is 2.05. The molecule has 0 aromatic heterocycles. The second kappa shape index (κ2) is 11.1. The smallest absolute Gasteiger partial charge is 0.307 e. The molecule has 0 rings (SSSR count). The van der Waals surface area contributed by atoms with Gasteiger partial charge in [-0.05, 0) is 12.6 Å². The Morgan fingerprint density at radius 1 is 1.29 bits per heavy atom. The number of nitrogens with one attached hydrogen (secondary N) is 2. The van der Waals surface area contributed by atoms with Crippen molar-refractivity contribution in [2.75, 3.05) is 33.3 Å². The molecule has 4 heteroatoms. The van der Waals surface area contributed by atoms with Gasteiger partial charge in [-0.3, -0.25) is 4.79 Å². The van der Waals surface area contributed by atoms with E-state index in [0.29, 0.717) is 13.0 Å². The lowest BCUT2D eigenvalue weighted by molar-refractivity contribution is -0.142. The van der Waals surface area contributed by atoms with Gasteiger partial charge in [0.2, 0.25) is 0 Å². The minimum Gasteiger partial charge on any atom is -0.461 e. The van der Waals surface area contributed by atoms with Gasteiger partial charge in [0.25, 0.3) is 0 Å². The first-order valence-corrected chi connectivity index (χ1v) is 5.69. The van der Waals surface area contributed by atoms with Crippen molar-refractivity contribution in [1.82, 2.24) is 10.6 Å². The van der Waals surface area contributed by atoms with E-state index in [2.05, 4.69) is 23.8 Å². The number of hydrogen-bond acceptors (Lipinski definition) is 4. The Bertz CT molecular complexity index is 273. The molecule has 0 aliphatic heterocycles. The molecular formula is C13H22N2O2. The van der Waals surface area contributed by atoms with Gasteiger partial charge in [-0.15, -0.1) is 0 Å². The minimum atomic E-state index is -0.209. The van der Waals surface area contributed by atoms with Crippen LogP contribution in [0.4, 0.5) is 0 Å². The maximum absolute atomic E-state index is 11.3. The Morgan fingerprint density at radius 2 is 2.06 bits per heavy atom. The largest absolute Gasteiger partial charge is 0.461 e. The zero-order valence-corrected chi connectivity index (χ0v) is 10.5. The van der Waals surface area contributed by atoms with Crippen molar-refractivity contribution < 1.29 is 9.53 Å².